The Morgan fingerprint density at radius 3 is 2.83 bits per heavy atom. The molecule has 7 heteroatoms. The van der Waals surface area contributed by atoms with Gasteiger partial charge in [-0.15, -0.1) is 0 Å². The maximum Gasteiger partial charge on any atom is 0.251 e. The number of aryl methyl sites for hydroxylation is 2. The van der Waals surface area contributed by atoms with Crippen molar-refractivity contribution in [3.8, 4) is 17.2 Å². The van der Waals surface area contributed by atoms with Crippen molar-refractivity contribution >= 4 is 17.5 Å². The van der Waals surface area contributed by atoms with Crippen LogP contribution in [0.3, 0.4) is 0 Å². The van der Waals surface area contributed by atoms with Crippen LogP contribution in [0.15, 0.2) is 48.7 Å². The van der Waals surface area contributed by atoms with Crippen LogP contribution in [-0.4, -0.2) is 35.4 Å². The minimum Gasteiger partial charge on any atom is -0.489 e. The van der Waals surface area contributed by atoms with Gasteiger partial charge in [0.25, 0.3) is 5.91 Å². The number of carbonyl (C=O) groups is 1. The van der Waals surface area contributed by atoms with Crippen LogP contribution in [0.1, 0.15) is 34.5 Å². The molecule has 6 nitrogen and oxygen atoms in total. The summed E-state index contributed by atoms with van der Waals surface area (Å²) in [4.78, 5) is 12.6. The Bertz CT molecular complexity index is 1030. The molecule has 4 rings (SSSR count). The van der Waals surface area contributed by atoms with Gasteiger partial charge in [-0.3, -0.25) is 4.79 Å². The standard InChI is InChI=1S/C23H24ClN3O3/c1-16-17(15-27(26-16)19-8-3-2-4-9-19)7-5-10-25-23(28)18-13-20(24)22-21(14-18)29-11-6-12-30-22/h2-4,8-9,13-15H,5-7,10-12H2,1H3,(H,25,28). The van der Waals surface area contributed by atoms with E-state index >= 15 is 0 Å². The fourth-order valence-electron chi connectivity index (χ4n) is 3.40. The number of amides is 1. The minimum absolute atomic E-state index is 0.177. The van der Waals surface area contributed by atoms with E-state index in [4.69, 9.17) is 21.1 Å². The third-order valence-corrected chi connectivity index (χ3v) is 5.27. The summed E-state index contributed by atoms with van der Waals surface area (Å²) in [5.74, 6) is 0.856. The molecule has 0 unspecified atom stereocenters. The van der Waals surface area contributed by atoms with Crippen molar-refractivity contribution in [2.75, 3.05) is 19.8 Å². The van der Waals surface area contributed by atoms with E-state index in [1.165, 1.54) is 5.56 Å². The Balaban J connectivity index is 1.33. The van der Waals surface area contributed by atoms with Crippen LogP contribution >= 0.6 is 11.6 Å². The number of fused-ring (bicyclic) bond motifs is 1. The Morgan fingerprint density at radius 2 is 2.00 bits per heavy atom. The summed E-state index contributed by atoms with van der Waals surface area (Å²) in [6.07, 6.45) is 4.48. The van der Waals surface area contributed by atoms with Crippen LogP contribution in [0.4, 0.5) is 0 Å². The van der Waals surface area contributed by atoms with Crippen LogP contribution in [0, 0.1) is 6.92 Å². The molecule has 0 fully saturated rings. The van der Waals surface area contributed by atoms with E-state index in [-0.39, 0.29) is 5.91 Å². The number of nitrogens with one attached hydrogen (secondary N) is 1. The average molecular weight is 426 g/mol. The first-order valence-electron chi connectivity index (χ1n) is 10.1. The van der Waals surface area contributed by atoms with Crippen molar-refractivity contribution in [1.82, 2.24) is 15.1 Å². The molecule has 0 spiro atoms. The topological polar surface area (TPSA) is 65.4 Å². The summed E-state index contributed by atoms with van der Waals surface area (Å²) < 4.78 is 13.2. The molecule has 2 heterocycles. The van der Waals surface area contributed by atoms with E-state index < -0.39 is 0 Å². The zero-order valence-corrected chi connectivity index (χ0v) is 17.6. The first kappa shape index (κ1) is 20.3. The number of rotatable bonds is 6. The molecule has 1 aliphatic rings. The zero-order valence-electron chi connectivity index (χ0n) is 16.9. The summed E-state index contributed by atoms with van der Waals surface area (Å²) in [7, 11) is 0. The van der Waals surface area contributed by atoms with Gasteiger partial charge in [-0.05, 0) is 49.6 Å². The predicted molar refractivity (Wildman–Crippen MR) is 116 cm³/mol. The van der Waals surface area contributed by atoms with Crippen LogP contribution in [-0.2, 0) is 6.42 Å². The quantitative estimate of drug-likeness (QED) is 0.596. The molecule has 0 saturated carbocycles. The highest BCUT2D eigenvalue weighted by Gasteiger charge is 2.18. The lowest BCUT2D eigenvalue weighted by atomic mass is 10.1. The Hall–Kier alpha value is -2.99. The van der Waals surface area contributed by atoms with Crippen molar-refractivity contribution in [3.05, 3.63) is 70.5 Å². The second kappa shape index (κ2) is 9.22. The van der Waals surface area contributed by atoms with Gasteiger partial charge in [0.1, 0.15) is 0 Å². The van der Waals surface area contributed by atoms with Crippen LogP contribution < -0.4 is 14.8 Å². The molecule has 3 aromatic rings. The van der Waals surface area contributed by atoms with Gasteiger partial charge in [0.05, 0.1) is 29.6 Å². The van der Waals surface area contributed by atoms with E-state index in [2.05, 4.69) is 16.6 Å². The number of para-hydroxylation sites is 1. The SMILES string of the molecule is Cc1nn(-c2ccccc2)cc1CCCNC(=O)c1cc(Cl)c2c(c1)OCCCO2. The highest BCUT2D eigenvalue weighted by Crippen LogP contribution is 2.37. The van der Waals surface area contributed by atoms with Gasteiger partial charge in [0, 0.05) is 24.7 Å². The summed E-state index contributed by atoms with van der Waals surface area (Å²) in [6.45, 7) is 3.66. The molecular formula is C23H24ClN3O3. The third kappa shape index (κ3) is 4.60. The van der Waals surface area contributed by atoms with Crippen LogP contribution in [0.25, 0.3) is 5.69 Å². The van der Waals surface area contributed by atoms with Gasteiger partial charge in [0.15, 0.2) is 11.5 Å². The molecule has 1 amide bonds. The second-order valence-electron chi connectivity index (χ2n) is 7.22. The normalized spacial score (nSPS) is 13.0. The van der Waals surface area contributed by atoms with Crippen molar-refractivity contribution in [3.63, 3.8) is 0 Å². The fraction of sp³-hybridized carbons (Fsp3) is 0.304. The first-order chi connectivity index (χ1) is 14.6. The Morgan fingerprint density at radius 1 is 1.20 bits per heavy atom. The maximum atomic E-state index is 12.6. The minimum atomic E-state index is -0.177. The monoisotopic (exact) mass is 425 g/mol. The third-order valence-electron chi connectivity index (χ3n) is 4.99. The number of hydrogen-bond donors (Lipinski definition) is 1. The number of hydrogen-bond acceptors (Lipinski definition) is 4. The van der Waals surface area contributed by atoms with E-state index in [0.717, 1.165) is 30.6 Å². The summed E-state index contributed by atoms with van der Waals surface area (Å²) in [5.41, 5.74) is 3.68. The van der Waals surface area contributed by atoms with E-state index in [1.54, 1.807) is 12.1 Å². The highest BCUT2D eigenvalue weighted by atomic mass is 35.5. The van der Waals surface area contributed by atoms with E-state index in [9.17, 15) is 4.79 Å². The van der Waals surface area contributed by atoms with Gasteiger partial charge >= 0.3 is 0 Å². The van der Waals surface area contributed by atoms with Crippen molar-refractivity contribution in [2.45, 2.75) is 26.2 Å². The molecule has 1 aliphatic heterocycles. The fourth-order valence-corrected chi connectivity index (χ4v) is 3.66. The number of nitrogens with zero attached hydrogens (tertiary/aromatic N) is 2. The number of benzene rings is 2. The molecule has 156 valence electrons. The van der Waals surface area contributed by atoms with Crippen LogP contribution in [0.5, 0.6) is 11.5 Å². The van der Waals surface area contributed by atoms with Crippen LogP contribution in [0.2, 0.25) is 5.02 Å². The number of halogens is 1. The predicted octanol–water partition coefficient (Wildman–Crippen LogP) is 4.36. The average Bonchev–Trinajstić information content (AvgIpc) is 2.96. The Labute approximate surface area is 180 Å². The highest BCUT2D eigenvalue weighted by molar-refractivity contribution is 6.32. The number of carbonyl (C=O) groups excluding carboxylic acids is 1. The lowest BCUT2D eigenvalue weighted by molar-refractivity contribution is 0.0952. The summed E-state index contributed by atoms with van der Waals surface area (Å²) >= 11 is 6.28. The molecule has 1 aromatic heterocycles. The number of ether oxygens (including phenoxy) is 2. The van der Waals surface area contributed by atoms with Crippen molar-refractivity contribution in [1.29, 1.82) is 0 Å². The maximum absolute atomic E-state index is 12.6. The lowest BCUT2D eigenvalue weighted by Crippen LogP contribution is -2.24. The van der Waals surface area contributed by atoms with Crippen molar-refractivity contribution in [2.24, 2.45) is 0 Å². The van der Waals surface area contributed by atoms with Gasteiger partial charge < -0.3 is 14.8 Å². The molecule has 1 N–H and O–H groups in total. The lowest BCUT2D eigenvalue weighted by Gasteiger charge is -2.11. The molecule has 0 saturated heterocycles. The smallest absolute Gasteiger partial charge is 0.251 e. The van der Waals surface area contributed by atoms with Gasteiger partial charge in [-0.1, -0.05) is 29.8 Å². The first-order valence-corrected chi connectivity index (χ1v) is 10.5. The second-order valence-corrected chi connectivity index (χ2v) is 7.62. The van der Waals surface area contributed by atoms with E-state index in [1.807, 2.05) is 41.9 Å². The van der Waals surface area contributed by atoms with Crippen molar-refractivity contribution < 1.29 is 14.3 Å². The molecule has 2 aromatic carbocycles. The zero-order chi connectivity index (χ0) is 20.9. The molecule has 0 bridgehead atoms. The van der Waals surface area contributed by atoms with Gasteiger partial charge in [0.2, 0.25) is 0 Å². The molecule has 0 radical (unpaired) electrons. The largest absolute Gasteiger partial charge is 0.489 e. The molecular weight excluding hydrogens is 402 g/mol. The molecule has 30 heavy (non-hydrogen) atoms. The molecule has 0 atom stereocenters. The Kier molecular flexibility index (Phi) is 6.23. The number of aromatic nitrogens is 2. The molecule has 0 aliphatic carbocycles. The van der Waals surface area contributed by atoms with Gasteiger partial charge in [-0.2, -0.15) is 5.10 Å². The van der Waals surface area contributed by atoms with Gasteiger partial charge in [-0.25, -0.2) is 4.68 Å². The summed E-state index contributed by atoms with van der Waals surface area (Å²) in [5, 5.41) is 7.94. The summed E-state index contributed by atoms with van der Waals surface area (Å²) in [6, 6.07) is 13.3. The van der Waals surface area contributed by atoms with E-state index in [0.29, 0.717) is 41.8 Å².